The van der Waals surface area contributed by atoms with Gasteiger partial charge in [-0.1, -0.05) is 46.0 Å². The molecule has 3 unspecified atom stereocenters. The Morgan fingerprint density at radius 2 is 1.75 bits per heavy atom. The molecule has 2 aliphatic carbocycles. The number of rotatable bonds is 4. The highest BCUT2D eigenvalue weighted by Gasteiger charge is 2.39. The van der Waals surface area contributed by atoms with Crippen LogP contribution in [0.15, 0.2) is 0 Å². The van der Waals surface area contributed by atoms with Crippen LogP contribution in [0.1, 0.15) is 65.2 Å². The van der Waals surface area contributed by atoms with Crippen molar-refractivity contribution in [2.45, 2.75) is 71.3 Å². The van der Waals surface area contributed by atoms with Gasteiger partial charge in [-0.25, -0.2) is 0 Å². The zero-order chi connectivity index (χ0) is 11.5. The summed E-state index contributed by atoms with van der Waals surface area (Å²) in [4.78, 5) is 0. The van der Waals surface area contributed by atoms with Crippen molar-refractivity contribution in [3.63, 3.8) is 0 Å². The monoisotopic (exact) mass is 224 g/mol. The second kappa shape index (κ2) is 5.53. The third-order valence-electron chi connectivity index (χ3n) is 4.91. The Kier molecular flexibility index (Phi) is 4.29. The summed E-state index contributed by atoms with van der Waals surface area (Å²) in [6.45, 7) is 4.57. The third-order valence-corrected chi connectivity index (χ3v) is 4.91. The molecule has 2 aliphatic rings. The van der Waals surface area contributed by atoms with Gasteiger partial charge in [0, 0.05) is 0 Å². The molecule has 2 saturated carbocycles. The first-order valence-electron chi connectivity index (χ1n) is 7.36. The summed E-state index contributed by atoms with van der Waals surface area (Å²) >= 11 is 0. The second-order valence-electron chi connectivity index (χ2n) is 6.51. The fourth-order valence-corrected chi connectivity index (χ4v) is 3.86. The zero-order valence-corrected chi connectivity index (χ0v) is 11.0. The molecule has 0 aromatic carbocycles. The maximum Gasteiger partial charge on any atom is 0.0599 e. The van der Waals surface area contributed by atoms with E-state index < -0.39 is 0 Å². The number of hydrogen-bond donors (Lipinski definition) is 1. The highest BCUT2D eigenvalue weighted by atomic mass is 16.3. The lowest BCUT2D eigenvalue weighted by molar-refractivity contribution is 0.0602. The minimum absolute atomic E-state index is 0.0295. The number of aliphatic hydroxyl groups excluding tert-OH is 1. The predicted octanol–water partition coefficient (Wildman–Crippen LogP) is 4.00. The van der Waals surface area contributed by atoms with Crippen LogP contribution in [0.5, 0.6) is 0 Å². The van der Waals surface area contributed by atoms with Gasteiger partial charge in [-0.05, 0) is 42.9 Å². The van der Waals surface area contributed by atoms with E-state index in [1.165, 1.54) is 51.4 Å². The van der Waals surface area contributed by atoms with E-state index in [1.54, 1.807) is 0 Å². The quantitative estimate of drug-likeness (QED) is 0.765. The van der Waals surface area contributed by atoms with Crippen molar-refractivity contribution < 1.29 is 5.11 Å². The van der Waals surface area contributed by atoms with Crippen LogP contribution in [0.3, 0.4) is 0 Å². The molecular weight excluding hydrogens is 196 g/mol. The van der Waals surface area contributed by atoms with Crippen LogP contribution in [-0.2, 0) is 0 Å². The SMILES string of the molecule is CC(C)CCC1CCC(C2CCCC2)C1O. The molecule has 0 aliphatic heterocycles. The van der Waals surface area contributed by atoms with Crippen molar-refractivity contribution >= 4 is 0 Å². The van der Waals surface area contributed by atoms with E-state index in [-0.39, 0.29) is 6.10 Å². The summed E-state index contributed by atoms with van der Waals surface area (Å²) in [5.41, 5.74) is 0. The topological polar surface area (TPSA) is 20.2 Å². The van der Waals surface area contributed by atoms with Crippen LogP contribution in [-0.4, -0.2) is 11.2 Å². The first-order valence-corrected chi connectivity index (χ1v) is 7.36. The second-order valence-corrected chi connectivity index (χ2v) is 6.51. The molecule has 3 atom stereocenters. The molecule has 1 nitrogen and oxygen atoms in total. The predicted molar refractivity (Wildman–Crippen MR) is 68.3 cm³/mol. The lowest BCUT2D eigenvalue weighted by Gasteiger charge is -2.24. The molecule has 94 valence electrons. The van der Waals surface area contributed by atoms with Gasteiger partial charge in [-0.3, -0.25) is 0 Å². The lowest BCUT2D eigenvalue weighted by Crippen LogP contribution is -2.26. The summed E-state index contributed by atoms with van der Waals surface area (Å²) in [6.07, 6.45) is 10.7. The van der Waals surface area contributed by atoms with Gasteiger partial charge < -0.3 is 5.11 Å². The fraction of sp³-hybridized carbons (Fsp3) is 1.00. The standard InChI is InChI=1S/C15H28O/c1-11(2)7-8-13-9-10-14(15(13)16)12-5-3-4-6-12/h11-16H,3-10H2,1-2H3. The molecule has 0 heterocycles. The first kappa shape index (κ1) is 12.4. The van der Waals surface area contributed by atoms with E-state index in [9.17, 15) is 5.11 Å². The molecule has 0 aromatic heterocycles. The van der Waals surface area contributed by atoms with Gasteiger partial charge in [-0.2, -0.15) is 0 Å². The van der Waals surface area contributed by atoms with Crippen LogP contribution >= 0.6 is 0 Å². The Labute approximate surface area is 101 Å². The van der Waals surface area contributed by atoms with E-state index in [4.69, 9.17) is 0 Å². The molecule has 0 saturated heterocycles. The molecule has 0 aromatic rings. The first-order chi connectivity index (χ1) is 7.68. The average molecular weight is 224 g/mol. The maximum absolute atomic E-state index is 10.4. The lowest BCUT2D eigenvalue weighted by atomic mass is 9.85. The van der Waals surface area contributed by atoms with Gasteiger partial charge in [-0.15, -0.1) is 0 Å². The molecule has 2 rings (SSSR count). The largest absolute Gasteiger partial charge is 0.393 e. The molecule has 1 heteroatoms. The van der Waals surface area contributed by atoms with Gasteiger partial charge >= 0.3 is 0 Å². The van der Waals surface area contributed by atoms with Crippen molar-refractivity contribution in [1.29, 1.82) is 0 Å². The van der Waals surface area contributed by atoms with Crippen LogP contribution in [0.25, 0.3) is 0 Å². The zero-order valence-electron chi connectivity index (χ0n) is 11.0. The van der Waals surface area contributed by atoms with E-state index in [2.05, 4.69) is 13.8 Å². The highest BCUT2D eigenvalue weighted by Crippen LogP contribution is 2.44. The smallest absolute Gasteiger partial charge is 0.0599 e. The maximum atomic E-state index is 10.4. The Morgan fingerprint density at radius 1 is 1.06 bits per heavy atom. The van der Waals surface area contributed by atoms with Crippen LogP contribution < -0.4 is 0 Å². The van der Waals surface area contributed by atoms with E-state index >= 15 is 0 Å². The van der Waals surface area contributed by atoms with Gasteiger partial charge in [0.15, 0.2) is 0 Å². The number of hydrogen-bond acceptors (Lipinski definition) is 1. The van der Waals surface area contributed by atoms with Crippen LogP contribution in [0, 0.1) is 23.7 Å². The average Bonchev–Trinajstić information content (AvgIpc) is 2.84. The van der Waals surface area contributed by atoms with Gasteiger partial charge in [0.1, 0.15) is 0 Å². The molecular formula is C15H28O. The highest BCUT2D eigenvalue weighted by molar-refractivity contribution is 4.90. The van der Waals surface area contributed by atoms with Crippen molar-refractivity contribution in [3.05, 3.63) is 0 Å². The Balaban J connectivity index is 1.81. The Morgan fingerprint density at radius 3 is 2.38 bits per heavy atom. The molecule has 1 N–H and O–H groups in total. The molecule has 0 amide bonds. The summed E-state index contributed by atoms with van der Waals surface area (Å²) in [5, 5.41) is 10.4. The molecule has 0 spiro atoms. The van der Waals surface area contributed by atoms with Crippen molar-refractivity contribution in [3.8, 4) is 0 Å². The van der Waals surface area contributed by atoms with Crippen LogP contribution in [0.2, 0.25) is 0 Å². The van der Waals surface area contributed by atoms with Crippen molar-refractivity contribution in [2.75, 3.05) is 0 Å². The normalized spacial score (nSPS) is 36.4. The minimum Gasteiger partial charge on any atom is -0.393 e. The summed E-state index contributed by atoms with van der Waals surface area (Å²) < 4.78 is 0. The molecule has 2 fully saturated rings. The molecule has 16 heavy (non-hydrogen) atoms. The summed E-state index contributed by atoms with van der Waals surface area (Å²) in [7, 11) is 0. The summed E-state index contributed by atoms with van der Waals surface area (Å²) in [6, 6.07) is 0. The van der Waals surface area contributed by atoms with Gasteiger partial charge in [0.2, 0.25) is 0 Å². The van der Waals surface area contributed by atoms with E-state index in [0.29, 0.717) is 11.8 Å². The van der Waals surface area contributed by atoms with Crippen molar-refractivity contribution in [2.24, 2.45) is 23.7 Å². The third kappa shape index (κ3) is 2.80. The minimum atomic E-state index is 0.0295. The van der Waals surface area contributed by atoms with E-state index in [0.717, 1.165) is 11.8 Å². The summed E-state index contributed by atoms with van der Waals surface area (Å²) in [5.74, 6) is 2.92. The molecule has 0 bridgehead atoms. The van der Waals surface area contributed by atoms with Gasteiger partial charge in [0.25, 0.3) is 0 Å². The van der Waals surface area contributed by atoms with Crippen LogP contribution in [0.4, 0.5) is 0 Å². The van der Waals surface area contributed by atoms with Gasteiger partial charge in [0.05, 0.1) is 6.10 Å². The molecule has 0 radical (unpaired) electrons. The fourth-order valence-electron chi connectivity index (χ4n) is 3.86. The van der Waals surface area contributed by atoms with Crippen molar-refractivity contribution in [1.82, 2.24) is 0 Å². The van der Waals surface area contributed by atoms with E-state index in [1.807, 2.05) is 0 Å². The Bertz CT molecular complexity index is 205. The Hall–Kier alpha value is -0.0400. The number of aliphatic hydroxyl groups is 1.